The molecule has 0 bridgehead atoms. The molecule has 0 amide bonds. The van der Waals surface area contributed by atoms with Crippen LogP contribution in [0.1, 0.15) is 35.0 Å². The van der Waals surface area contributed by atoms with E-state index in [0.29, 0.717) is 0 Å². The summed E-state index contributed by atoms with van der Waals surface area (Å²) >= 11 is 10.2. The SMILES string of the molecule is C/C(=C\C=C/S)c1ccc(C(=S)N2Cc3ccc(CN(C)C)n3Cc3ccccc32)cc1. The van der Waals surface area contributed by atoms with Crippen molar-refractivity contribution < 1.29 is 0 Å². The first kappa shape index (κ1) is 22.6. The van der Waals surface area contributed by atoms with Crippen molar-refractivity contribution in [1.82, 2.24) is 9.47 Å². The molecule has 1 aliphatic heterocycles. The average molecular weight is 460 g/mol. The number of anilines is 1. The third-order valence-corrected chi connectivity index (χ3v) is 6.46. The highest BCUT2D eigenvalue weighted by molar-refractivity contribution is 7.83. The van der Waals surface area contributed by atoms with Crippen LogP contribution in [0.3, 0.4) is 0 Å². The summed E-state index contributed by atoms with van der Waals surface area (Å²) < 4.78 is 2.44. The van der Waals surface area contributed by atoms with Crippen LogP contribution in [-0.2, 0) is 19.6 Å². The Morgan fingerprint density at radius 2 is 1.72 bits per heavy atom. The number of benzene rings is 2. The van der Waals surface area contributed by atoms with Crippen molar-refractivity contribution in [2.45, 2.75) is 26.6 Å². The summed E-state index contributed by atoms with van der Waals surface area (Å²) in [5.41, 5.74) is 8.53. The van der Waals surface area contributed by atoms with E-state index in [1.807, 2.05) is 6.08 Å². The van der Waals surface area contributed by atoms with Crippen LogP contribution in [0.2, 0.25) is 0 Å². The summed E-state index contributed by atoms with van der Waals surface area (Å²) in [4.78, 5) is 5.35. The van der Waals surface area contributed by atoms with E-state index >= 15 is 0 Å². The van der Waals surface area contributed by atoms with Crippen LogP contribution in [0.25, 0.3) is 5.57 Å². The van der Waals surface area contributed by atoms with E-state index in [1.54, 1.807) is 5.41 Å². The molecule has 3 aromatic rings. The fourth-order valence-corrected chi connectivity index (χ4v) is 4.57. The second-order valence-electron chi connectivity index (χ2n) is 8.43. The van der Waals surface area contributed by atoms with Crippen molar-refractivity contribution in [3.63, 3.8) is 0 Å². The molecule has 0 fully saturated rings. The second kappa shape index (κ2) is 9.90. The van der Waals surface area contributed by atoms with Gasteiger partial charge in [0.15, 0.2) is 0 Å². The molecule has 1 aromatic heterocycles. The molecule has 0 spiro atoms. The number of rotatable bonds is 5. The van der Waals surface area contributed by atoms with Crippen molar-refractivity contribution in [2.75, 3.05) is 19.0 Å². The van der Waals surface area contributed by atoms with Gasteiger partial charge in [0.2, 0.25) is 0 Å². The predicted molar refractivity (Wildman–Crippen MR) is 143 cm³/mol. The van der Waals surface area contributed by atoms with Crippen LogP contribution in [0.15, 0.2) is 78.2 Å². The molecule has 0 N–H and O–H groups in total. The maximum atomic E-state index is 6.03. The summed E-state index contributed by atoms with van der Waals surface area (Å²) in [5, 5.41) is 1.74. The zero-order chi connectivity index (χ0) is 22.7. The van der Waals surface area contributed by atoms with Gasteiger partial charge in [0.25, 0.3) is 0 Å². The van der Waals surface area contributed by atoms with Gasteiger partial charge in [-0.3, -0.25) is 0 Å². The molecule has 2 heterocycles. The van der Waals surface area contributed by atoms with Crippen molar-refractivity contribution in [1.29, 1.82) is 0 Å². The van der Waals surface area contributed by atoms with E-state index < -0.39 is 0 Å². The minimum Gasteiger partial charge on any atom is -0.341 e. The number of fused-ring (bicyclic) bond motifs is 2. The quantitative estimate of drug-likeness (QED) is 0.279. The molecule has 0 atom stereocenters. The van der Waals surface area contributed by atoms with E-state index in [4.69, 9.17) is 12.2 Å². The van der Waals surface area contributed by atoms with Gasteiger partial charge in [0.05, 0.1) is 6.54 Å². The molecular formula is C27H29N3S2. The molecule has 164 valence electrons. The molecule has 0 saturated carbocycles. The van der Waals surface area contributed by atoms with Gasteiger partial charge < -0.3 is 14.4 Å². The first-order valence-electron chi connectivity index (χ1n) is 10.8. The van der Waals surface area contributed by atoms with Crippen LogP contribution in [0, 0.1) is 0 Å². The van der Waals surface area contributed by atoms with Crippen LogP contribution < -0.4 is 4.90 Å². The van der Waals surface area contributed by atoms with Gasteiger partial charge in [-0.2, -0.15) is 12.6 Å². The number of thiol groups is 1. The Labute approximate surface area is 202 Å². The molecule has 3 nitrogen and oxygen atoms in total. The number of para-hydroxylation sites is 1. The van der Waals surface area contributed by atoms with Crippen molar-refractivity contribution >= 4 is 41.1 Å². The lowest BCUT2D eigenvalue weighted by atomic mass is 10.0. The Morgan fingerprint density at radius 3 is 2.44 bits per heavy atom. The minimum absolute atomic E-state index is 0.761. The predicted octanol–water partition coefficient (Wildman–Crippen LogP) is 6.14. The second-order valence-corrected chi connectivity index (χ2v) is 9.11. The number of allylic oxidation sites excluding steroid dienone is 3. The van der Waals surface area contributed by atoms with Crippen LogP contribution in [0.4, 0.5) is 5.69 Å². The highest BCUT2D eigenvalue weighted by atomic mass is 32.1. The lowest BCUT2D eigenvalue weighted by Crippen LogP contribution is -2.29. The molecule has 0 radical (unpaired) electrons. The van der Waals surface area contributed by atoms with E-state index in [-0.39, 0.29) is 0 Å². The Bertz CT molecular complexity index is 1170. The standard InChI is InChI=1S/C27H29N3S2/c1-20(7-6-16-31)21-10-12-22(13-11-21)27(32)30-19-25-15-14-24(18-28(2)3)29(25)17-23-8-4-5-9-26(23)30/h4-16,31H,17-19H2,1-3H3/b16-6-,20-7+. The Morgan fingerprint density at radius 1 is 1.00 bits per heavy atom. The summed E-state index contributed by atoms with van der Waals surface area (Å²) in [6.07, 6.45) is 4.00. The van der Waals surface area contributed by atoms with E-state index in [0.717, 1.165) is 30.2 Å². The maximum absolute atomic E-state index is 6.03. The number of aromatic nitrogens is 1. The number of nitrogens with zero attached hydrogens (tertiary/aromatic N) is 3. The summed E-state index contributed by atoms with van der Waals surface area (Å²) in [5.74, 6) is 0. The van der Waals surface area contributed by atoms with Gasteiger partial charge >= 0.3 is 0 Å². The van der Waals surface area contributed by atoms with Crippen LogP contribution >= 0.6 is 24.8 Å². The van der Waals surface area contributed by atoms with Crippen molar-refractivity contribution in [3.05, 3.63) is 106 Å². The monoisotopic (exact) mass is 459 g/mol. The normalized spacial score (nSPS) is 13.9. The molecule has 0 aliphatic carbocycles. The molecule has 0 saturated heterocycles. The highest BCUT2D eigenvalue weighted by Crippen LogP contribution is 2.31. The molecule has 32 heavy (non-hydrogen) atoms. The zero-order valence-electron chi connectivity index (χ0n) is 18.8. The van der Waals surface area contributed by atoms with Crippen molar-refractivity contribution in [3.8, 4) is 0 Å². The molecule has 1 aliphatic rings. The fourth-order valence-electron chi connectivity index (χ4n) is 4.18. The number of hydrogen-bond acceptors (Lipinski definition) is 3. The molecule has 4 rings (SSSR count). The number of thiocarbonyl (C=S) groups is 1. The maximum Gasteiger partial charge on any atom is 0.114 e. The zero-order valence-corrected chi connectivity index (χ0v) is 20.5. The van der Waals surface area contributed by atoms with Gasteiger partial charge in [-0.25, -0.2) is 0 Å². The first-order valence-corrected chi connectivity index (χ1v) is 11.7. The van der Waals surface area contributed by atoms with E-state index in [9.17, 15) is 0 Å². The smallest absolute Gasteiger partial charge is 0.114 e. The third kappa shape index (κ3) is 4.75. The van der Waals surface area contributed by atoms with Gasteiger partial charge in [0.1, 0.15) is 4.99 Å². The highest BCUT2D eigenvalue weighted by Gasteiger charge is 2.24. The van der Waals surface area contributed by atoms with E-state index in [2.05, 4.69) is 115 Å². The average Bonchev–Trinajstić information content (AvgIpc) is 3.07. The summed E-state index contributed by atoms with van der Waals surface area (Å²) in [7, 11) is 4.22. The van der Waals surface area contributed by atoms with Gasteiger partial charge in [-0.05, 0) is 61.3 Å². The minimum atomic E-state index is 0.761. The van der Waals surface area contributed by atoms with E-state index in [1.165, 1.54) is 33.8 Å². The molecule has 2 aromatic carbocycles. The van der Waals surface area contributed by atoms with Gasteiger partial charge in [-0.1, -0.05) is 66.8 Å². The first-order chi connectivity index (χ1) is 15.5. The summed E-state index contributed by atoms with van der Waals surface area (Å²) in [6, 6.07) is 21.6. The topological polar surface area (TPSA) is 11.4 Å². The Kier molecular flexibility index (Phi) is 6.99. The Balaban J connectivity index is 1.68. The lowest BCUT2D eigenvalue weighted by Gasteiger charge is -2.25. The molecule has 0 unspecified atom stereocenters. The number of hydrogen-bond donors (Lipinski definition) is 1. The molecule has 5 heteroatoms. The van der Waals surface area contributed by atoms with Crippen LogP contribution in [-0.4, -0.2) is 28.6 Å². The Hall–Kier alpha value is -2.60. The van der Waals surface area contributed by atoms with Gasteiger partial charge in [0, 0.05) is 35.7 Å². The summed E-state index contributed by atoms with van der Waals surface area (Å²) in [6.45, 7) is 4.65. The van der Waals surface area contributed by atoms with Gasteiger partial charge in [-0.15, -0.1) is 0 Å². The fraction of sp³-hybridized carbons (Fsp3) is 0.222. The largest absolute Gasteiger partial charge is 0.341 e. The van der Waals surface area contributed by atoms with Crippen molar-refractivity contribution in [2.24, 2.45) is 0 Å². The lowest BCUT2D eigenvalue weighted by molar-refractivity contribution is 0.388. The molecular weight excluding hydrogens is 430 g/mol. The third-order valence-electron chi connectivity index (χ3n) is 5.84. The van der Waals surface area contributed by atoms with Crippen LogP contribution in [0.5, 0.6) is 0 Å².